The number of hydrogen-bond acceptors (Lipinski definition) is 3. The number of carbonyl (C=O) groups is 1. The van der Waals surface area contributed by atoms with Gasteiger partial charge in [-0.15, -0.1) is 11.8 Å². The van der Waals surface area contributed by atoms with E-state index in [9.17, 15) is 4.79 Å². The van der Waals surface area contributed by atoms with E-state index in [0.29, 0.717) is 12.4 Å². The summed E-state index contributed by atoms with van der Waals surface area (Å²) < 4.78 is 5.68. The first kappa shape index (κ1) is 13.9. The largest absolute Gasteiger partial charge is 0.492 e. The quantitative estimate of drug-likeness (QED) is 0.790. The Morgan fingerprint density at radius 2 is 2.18 bits per heavy atom. The van der Waals surface area contributed by atoms with E-state index in [4.69, 9.17) is 4.74 Å². The average Bonchev–Trinajstić information content (AvgIpc) is 2.32. The molecule has 0 spiro atoms. The number of amides is 1. The molecule has 0 aliphatic rings. The smallest absolute Gasteiger partial charge is 0.229 e. The molecule has 0 aliphatic heterocycles. The van der Waals surface area contributed by atoms with Gasteiger partial charge in [-0.2, -0.15) is 0 Å². The number of carbonyl (C=O) groups excluding carboxylic acids is 1. The van der Waals surface area contributed by atoms with Crippen LogP contribution in [0.5, 0.6) is 5.75 Å². The van der Waals surface area contributed by atoms with Gasteiger partial charge in [0.05, 0.1) is 12.4 Å². The summed E-state index contributed by atoms with van der Waals surface area (Å²) in [4.78, 5) is 11.0. The fourth-order valence-corrected chi connectivity index (χ4v) is 1.99. The van der Waals surface area contributed by atoms with Gasteiger partial charge in [-0.3, -0.25) is 4.79 Å². The summed E-state index contributed by atoms with van der Waals surface area (Å²) in [5, 5.41) is 2.59. The summed E-state index contributed by atoms with van der Waals surface area (Å²) >= 11 is 1.58. The van der Waals surface area contributed by atoms with E-state index >= 15 is 0 Å². The standard InChI is InChI=1S/C13H19NO2S/c1-10-4-5-11(2)12(8-10)16-6-7-17-9-13(15)14-3/h4-5,8H,6-7,9H2,1-3H3,(H,14,15). The minimum Gasteiger partial charge on any atom is -0.492 e. The Bertz CT molecular complexity index is 380. The van der Waals surface area contributed by atoms with Gasteiger partial charge in [0.2, 0.25) is 5.91 Å². The van der Waals surface area contributed by atoms with E-state index < -0.39 is 0 Å². The molecule has 0 saturated carbocycles. The number of hydrogen-bond donors (Lipinski definition) is 1. The predicted octanol–water partition coefficient (Wildman–Crippen LogP) is 2.16. The average molecular weight is 253 g/mol. The van der Waals surface area contributed by atoms with Gasteiger partial charge >= 0.3 is 0 Å². The number of rotatable bonds is 6. The second-order valence-electron chi connectivity index (χ2n) is 3.84. The van der Waals surface area contributed by atoms with Gasteiger partial charge in [0.25, 0.3) is 0 Å². The van der Waals surface area contributed by atoms with Crippen molar-refractivity contribution in [3.63, 3.8) is 0 Å². The van der Waals surface area contributed by atoms with Gasteiger partial charge in [-0.25, -0.2) is 0 Å². The molecule has 0 radical (unpaired) electrons. The molecule has 0 atom stereocenters. The Hall–Kier alpha value is -1.16. The Labute approximate surface area is 107 Å². The molecule has 0 bridgehead atoms. The first-order chi connectivity index (χ1) is 8.13. The van der Waals surface area contributed by atoms with Crippen molar-refractivity contribution in [1.82, 2.24) is 5.32 Å². The highest BCUT2D eigenvalue weighted by Crippen LogP contribution is 2.19. The molecule has 3 nitrogen and oxygen atoms in total. The van der Waals surface area contributed by atoms with Crippen LogP contribution in [-0.2, 0) is 4.79 Å². The first-order valence-electron chi connectivity index (χ1n) is 5.62. The highest BCUT2D eigenvalue weighted by atomic mass is 32.2. The summed E-state index contributed by atoms with van der Waals surface area (Å²) in [7, 11) is 1.65. The number of ether oxygens (including phenoxy) is 1. The summed E-state index contributed by atoms with van der Waals surface area (Å²) in [6, 6.07) is 6.17. The lowest BCUT2D eigenvalue weighted by Crippen LogP contribution is -2.20. The maximum atomic E-state index is 11.0. The molecular formula is C13H19NO2S. The molecule has 1 amide bonds. The van der Waals surface area contributed by atoms with Gasteiger partial charge in [0, 0.05) is 12.8 Å². The van der Waals surface area contributed by atoms with Crippen LogP contribution >= 0.6 is 11.8 Å². The molecule has 1 rings (SSSR count). The fourth-order valence-electron chi connectivity index (χ4n) is 1.31. The van der Waals surface area contributed by atoms with Crippen molar-refractivity contribution in [2.75, 3.05) is 25.2 Å². The van der Waals surface area contributed by atoms with Crippen molar-refractivity contribution in [3.8, 4) is 5.75 Å². The summed E-state index contributed by atoms with van der Waals surface area (Å²) in [6.07, 6.45) is 0. The molecule has 0 aromatic heterocycles. The van der Waals surface area contributed by atoms with E-state index in [0.717, 1.165) is 17.1 Å². The van der Waals surface area contributed by atoms with Crippen LogP contribution in [-0.4, -0.2) is 31.1 Å². The van der Waals surface area contributed by atoms with Crippen LogP contribution in [0.25, 0.3) is 0 Å². The van der Waals surface area contributed by atoms with Crippen molar-refractivity contribution < 1.29 is 9.53 Å². The zero-order chi connectivity index (χ0) is 12.7. The van der Waals surface area contributed by atoms with Crippen LogP contribution in [0.3, 0.4) is 0 Å². The monoisotopic (exact) mass is 253 g/mol. The summed E-state index contributed by atoms with van der Waals surface area (Å²) in [5.74, 6) is 2.31. The molecule has 0 saturated heterocycles. The van der Waals surface area contributed by atoms with Gasteiger partial charge in [-0.1, -0.05) is 12.1 Å². The van der Waals surface area contributed by atoms with Gasteiger partial charge in [0.15, 0.2) is 0 Å². The SMILES string of the molecule is CNC(=O)CSCCOc1cc(C)ccc1C. The maximum absolute atomic E-state index is 11.0. The Morgan fingerprint density at radius 3 is 2.88 bits per heavy atom. The molecule has 0 fully saturated rings. The van der Waals surface area contributed by atoms with E-state index in [1.807, 2.05) is 19.9 Å². The molecule has 94 valence electrons. The Morgan fingerprint density at radius 1 is 1.41 bits per heavy atom. The van der Waals surface area contributed by atoms with E-state index in [1.54, 1.807) is 18.8 Å². The molecule has 17 heavy (non-hydrogen) atoms. The lowest BCUT2D eigenvalue weighted by atomic mass is 10.1. The number of nitrogens with one attached hydrogen (secondary N) is 1. The summed E-state index contributed by atoms with van der Waals surface area (Å²) in [5.41, 5.74) is 2.34. The molecular weight excluding hydrogens is 234 g/mol. The van der Waals surface area contributed by atoms with Crippen molar-refractivity contribution >= 4 is 17.7 Å². The van der Waals surface area contributed by atoms with Crippen molar-refractivity contribution in [2.24, 2.45) is 0 Å². The van der Waals surface area contributed by atoms with Crippen LogP contribution < -0.4 is 10.1 Å². The Balaban J connectivity index is 2.26. The van der Waals surface area contributed by atoms with Gasteiger partial charge < -0.3 is 10.1 Å². The van der Waals surface area contributed by atoms with E-state index in [1.165, 1.54) is 5.56 Å². The third kappa shape index (κ3) is 5.13. The molecule has 1 aromatic rings. The van der Waals surface area contributed by atoms with Crippen LogP contribution in [0, 0.1) is 13.8 Å². The van der Waals surface area contributed by atoms with E-state index in [-0.39, 0.29) is 5.91 Å². The van der Waals surface area contributed by atoms with Gasteiger partial charge in [-0.05, 0) is 31.0 Å². The molecule has 1 aromatic carbocycles. The normalized spacial score (nSPS) is 10.1. The number of benzene rings is 1. The summed E-state index contributed by atoms with van der Waals surface area (Å²) in [6.45, 7) is 4.71. The molecule has 0 unspecified atom stereocenters. The lowest BCUT2D eigenvalue weighted by Gasteiger charge is -2.09. The minimum atomic E-state index is 0.0572. The van der Waals surface area contributed by atoms with Gasteiger partial charge in [0.1, 0.15) is 5.75 Å². The van der Waals surface area contributed by atoms with Crippen LogP contribution in [0.1, 0.15) is 11.1 Å². The number of aryl methyl sites for hydroxylation is 2. The third-order valence-electron chi connectivity index (χ3n) is 2.34. The highest BCUT2D eigenvalue weighted by molar-refractivity contribution is 7.99. The Kier molecular flexibility index (Phi) is 5.91. The minimum absolute atomic E-state index is 0.0572. The van der Waals surface area contributed by atoms with E-state index in [2.05, 4.69) is 17.4 Å². The molecule has 0 aliphatic carbocycles. The van der Waals surface area contributed by atoms with Crippen LogP contribution in [0.2, 0.25) is 0 Å². The number of thioether (sulfide) groups is 1. The van der Waals surface area contributed by atoms with Crippen LogP contribution in [0.15, 0.2) is 18.2 Å². The predicted molar refractivity (Wildman–Crippen MR) is 72.8 cm³/mol. The second-order valence-corrected chi connectivity index (χ2v) is 4.95. The second kappa shape index (κ2) is 7.22. The molecule has 4 heteroatoms. The fraction of sp³-hybridized carbons (Fsp3) is 0.462. The molecule has 0 heterocycles. The maximum Gasteiger partial charge on any atom is 0.229 e. The first-order valence-corrected chi connectivity index (χ1v) is 6.77. The van der Waals surface area contributed by atoms with Crippen molar-refractivity contribution in [3.05, 3.63) is 29.3 Å². The zero-order valence-corrected chi connectivity index (χ0v) is 11.4. The van der Waals surface area contributed by atoms with Crippen molar-refractivity contribution in [1.29, 1.82) is 0 Å². The lowest BCUT2D eigenvalue weighted by molar-refractivity contribution is -0.118. The van der Waals surface area contributed by atoms with Crippen molar-refractivity contribution in [2.45, 2.75) is 13.8 Å². The highest BCUT2D eigenvalue weighted by Gasteiger charge is 2.01. The third-order valence-corrected chi connectivity index (χ3v) is 3.26. The zero-order valence-electron chi connectivity index (χ0n) is 10.6. The van der Waals surface area contributed by atoms with Crippen LogP contribution in [0.4, 0.5) is 0 Å². The topological polar surface area (TPSA) is 38.3 Å². The molecule has 1 N–H and O–H groups in total.